The molecular formula is C27H24N2O2S. The van der Waals surface area contributed by atoms with E-state index in [0.29, 0.717) is 11.4 Å². The quantitative estimate of drug-likeness (QED) is 0.425. The van der Waals surface area contributed by atoms with E-state index in [2.05, 4.69) is 17.1 Å². The minimum atomic E-state index is -0.115. The molecule has 1 amide bonds. The van der Waals surface area contributed by atoms with E-state index in [4.69, 9.17) is 4.74 Å². The van der Waals surface area contributed by atoms with E-state index in [9.17, 15) is 4.79 Å². The first-order valence-corrected chi connectivity index (χ1v) is 11.6. The molecule has 5 heteroatoms. The highest BCUT2D eigenvalue weighted by atomic mass is 32.1. The number of nitrogens with zero attached hydrogens (tertiary/aromatic N) is 2. The number of ether oxygens (including phenoxy) is 1. The summed E-state index contributed by atoms with van der Waals surface area (Å²) in [7, 11) is 0. The maximum Gasteiger partial charge on any atom is 0.282 e. The Kier molecular flexibility index (Phi) is 6.78. The largest absolute Gasteiger partial charge is 0.457 e. The van der Waals surface area contributed by atoms with E-state index in [0.717, 1.165) is 34.9 Å². The molecule has 0 N–H and O–H groups in total. The number of carbonyl (C=O) groups excluding carboxylic acids is 1. The second kappa shape index (κ2) is 10.1. The summed E-state index contributed by atoms with van der Waals surface area (Å²) in [4.78, 5) is 19.6. The molecule has 0 unspecified atom stereocenters. The van der Waals surface area contributed by atoms with Crippen LogP contribution in [0.2, 0.25) is 0 Å². The standard InChI is InChI=1S/C25H18N2O2S.C2H6/c28-25-24(22-9-5-6-10-23(22)27(25)19-15-16-30-17-19)26-18-11-13-21(14-12-18)29-20-7-3-1-2-4-8-20;1-2/h1,3-17H,2H2;1-2H3. The van der Waals surface area contributed by atoms with Crippen molar-refractivity contribution in [1.29, 1.82) is 0 Å². The summed E-state index contributed by atoms with van der Waals surface area (Å²) in [5.41, 5.74) is 3.72. The molecule has 4 nitrogen and oxygen atoms in total. The Hall–Kier alpha value is -3.70. The first-order chi connectivity index (χ1) is 15.8. The summed E-state index contributed by atoms with van der Waals surface area (Å²) >= 11 is 1.56. The van der Waals surface area contributed by atoms with Crippen molar-refractivity contribution in [2.24, 2.45) is 4.99 Å². The number of hydrogen-bond donors (Lipinski definition) is 0. The van der Waals surface area contributed by atoms with Crippen molar-refractivity contribution in [3.8, 4) is 5.75 Å². The van der Waals surface area contributed by atoms with Crippen LogP contribution in [0, 0.1) is 0 Å². The maximum absolute atomic E-state index is 13.2. The van der Waals surface area contributed by atoms with Gasteiger partial charge < -0.3 is 4.74 Å². The number of hydrogen-bond acceptors (Lipinski definition) is 4. The van der Waals surface area contributed by atoms with Crippen LogP contribution in [0.3, 0.4) is 0 Å². The van der Waals surface area contributed by atoms with Crippen LogP contribution in [-0.4, -0.2) is 11.6 Å². The van der Waals surface area contributed by atoms with Crippen molar-refractivity contribution in [3.63, 3.8) is 0 Å². The van der Waals surface area contributed by atoms with Gasteiger partial charge in [-0.2, -0.15) is 11.3 Å². The van der Waals surface area contributed by atoms with Crippen molar-refractivity contribution in [1.82, 2.24) is 0 Å². The molecule has 2 aromatic carbocycles. The fourth-order valence-electron chi connectivity index (χ4n) is 3.43. The van der Waals surface area contributed by atoms with Gasteiger partial charge in [-0.15, -0.1) is 0 Å². The maximum atomic E-state index is 13.2. The van der Waals surface area contributed by atoms with Gasteiger partial charge in [0.05, 0.1) is 17.1 Å². The zero-order valence-electron chi connectivity index (χ0n) is 18.1. The average Bonchev–Trinajstić information content (AvgIpc) is 3.36. The number of thiophene rings is 1. The second-order valence-corrected chi connectivity index (χ2v) is 7.61. The number of carbonyl (C=O) groups is 1. The summed E-state index contributed by atoms with van der Waals surface area (Å²) in [6.45, 7) is 4.00. The highest BCUT2D eigenvalue weighted by Crippen LogP contribution is 2.37. The zero-order valence-corrected chi connectivity index (χ0v) is 18.9. The highest BCUT2D eigenvalue weighted by Gasteiger charge is 2.34. The van der Waals surface area contributed by atoms with Gasteiger partial charge in [-0.25, -0.2) is 4.99 Å². The molecule has 5 rings (SSSR count). The van der Waals surface area contributed by atoms with Crippen molar-refractivity contribution < 1.29 is 9.53 Å². The third-order valence-corrected chi connectivity index (χ3v) is 5.51. The van der Waals surface area contributed by atoms with Crippen LogP contribution in [-0.2, 0) is 4.79 Å². The molecular weight excluding hydrogens is 416 g/mol. The number of para-hydroxylation sites is 1. The Morgan fingerprint density at radius 2 is 1.81 bits per heavy atom. The summed E-state index contributed by atoms with van der Waals surface area (Å²) in [6.07, 6.45) is 10.9. The topological polar surface area (TPSA) is 41.9 Å². The van der Waals surface area contributed by atoms with Gasteiger partial charge in [-0.1, -0.05) is 50.3 Å². The lowest BCUT2D eigenvalue weighted by Gasteiger charge is -2.14. The minimum absolute atomic E-state index is 0.115. The molecule has 0 fully saturated rings. The van der Waals surface area contributed by atoms with Gasteiger partial charge in [-0.3, -0.25) is 9.69 Å². The highest BCUT2D eigenvalue weighted by molar-refractivity contribution is 7.08. The van der Waals surface area contributed by atoms with Gasteiger partial charge in [0, 0.05) is 10.9 Å². The lowest BCUT2D eigenvalue weighted by Crippen LogP contribution is -2.24. The van der Waals surface area contributed by atoms with E-state index >= 15 is 0 Å². The number of aliphatic imine (C=N–C) groups is 1. The minimum Gasteiger partial charge on any atom is -0.457 e. The van der Waals surface area contributed by atoms with E-state index < -0.39 is 0 Å². The zero-order chi connectivity index (χ0) is 22.3. The van der Waals surface area contributed by atoms with Crippen molar-refractivity contribution in [2.75, 3.05) is 4.90 Å². The summed E-state index contributed by atoms with van der Waals surface area (Å²) in [6, 6.07) is 17.2. The molecule has 2 aliphatic rings. The Balaban J connectivity index is 0.00000119. The normalized spacial score (nSPS) is 15.7. The molecule has 2 heterocycles. The van der Waals surface area contributed by atoms with Crippen molar-refractivity contribution >= 4 is 40.0 Å². The summed E-state index contributed by atoms with van der Waals surface area (Å²) in [5.74, 6) is 1.40. The Morgan fingerprint density at radius 3 is 2.59 bits per heavy atom. The van der Waals surface area contributed by atoms with Crippen LogP contribution in [0.5, 0.6) is 5.75 Å². The van der Waals surface area contributed by atoms with Gasteiger partial charge in [0.25, 0.3) is 5.91 Å². The Bertz CT molecular complexity index is 1200. The monoisotopic (exact) mass is 440 g/mol. The molecule has 1 aromatic heterocycles. The molecule has 1 aliphatic heterocycles. The Morgan fingerprint density at radius 1 is 1.00 bits per heavy atom. The molecule has 0 bridgehead atoms. The van der Waals surface area contributed by atoms with E-state index in [1.807, 2.05) is 97.4 Å². The molecule has 0 radical (unpaired) electrons. The molecule has 3 aromatic rings. The van der Waals surface area contributed by atoms with Crippen molar-refractivity contribution in [2.45, 2.75) is 20.3 Å². The summed E-state index contributed by atoms with van der Waals surface area (Å²) < 4.78 is 5.90. The number of anilines is 2. The predicted molar refractivity (Wildman–Crippen MR) is 134 cm³/mol. The van der Waals surface area contributed by atoms with Crippen LogP contribution in [0.25, 0.3) is 0 Å². The van der Waals surface area contributed by atoms with Gasteiger partial charge in [0.15, 0.2) is 0 Å². The second-order valence-electron chi connectivity index (χ2n) is 6.83. The van der Waals surface area contributed by atoms with Gasteiger partial charge in [0.2, 0.25) is 0 Å². The number of benzene rings is 2. The van der Waals surface area contributed by atoms with Gasteiger partial charge in [-0.05, 0) is 60.4 Å². The molecule has 32 heavy (non-hydrogen) atoms. The molecule has 1 aliphatic carbocycles. The number of rotatable bonds is 4. The first kappa shape index (κ1) is 21.5. The molecule has 0 saturated heterocycles. The fourth-order valence-corrected chi connectivity index (χ4v) is 4.05. The lowest BCUT2D eigenvalue weighted by atomic mass is 10.1. The molecule has 160 valence electrons. The van der Waals surface area contributed by atoms with Crippen molar-refractivity contribution in [3.05, 3.63) is 107 Å². The van der Waals surface area contributed by atoms with E-state index in [1.54, 1.807) is 16.2 Å². The third-order valence-electron chi connectivity index (χ3n) is 4.83. The Labute approximate surface area is 192 Å². The van der Waals surface area contributed by atoms with Crippen LogP contribution < -0.4 is 9.64 Å². The fraction of sp³-hybridized carbons (Fsp3) is 0.111. The number of amides is 1. The SMILES string of the molecule is CC.O=C1C(=Nc2ccc(OC3=CC=CCC=C3)cc2)c2ccccc2N1c1ccsc1. The van der Waals surface area contributed by atoms with E-state index in [1.165, 1.54) is 0 Å². The molecule has 0 atom stereocenters. The third kappa shape index (κ3) is 4.48. The van der Waals surface area contributed by atoms with E-state index in [-0.39, 0.29) is 5.91 Å². The summed E-state index contributed by atoms with van der Waals surface area (Å²) in [5, 5.41) is 3.93. The molecule has 0 spiro atoms. The van der Waals surface area contributed by atoms with Crippen LogP contribution in [0.4, 0.5) is 17.1 Å². The number of allylic oxidation sites excluding steroid dienone is 5. The predicted octanol–water partition coefficient (Wildman–Crippen LogP) is 7.35. The first-order valence-electron chi connectivity index (χ1n) is 10.7. The van der Waals surface area contributed by atoms with Gasteiger partial charge >= 0.3 is 0 Å². The smallest absolute Gasteiger partial charge is 0.282 e. The average molecular weight is 441 g/mol. The lowest BCUT2D eigenvalue weighted by molar-refractivity contribution is -0.111. The van der Waals surface area contributed by atoms with Crippen LogP contribution >= 0.6 is 11.3 Å². The van der Waals surface area contributed by atoms with Gasteiger partial charge in [0.1, 0.15) is 17.2 Å². The molecule has 0 saturated carbocycles. The van der Waals surface area contributed by atoms with Crippen LogP contribution in [0.15, 0.2) is 106 Å². The number of fused-ring (bicyclic) bond motifs is 1. The van der Waals surface area contributed by atoms with Crippen LogP contribution in [0.1, 0.15) is 25.8 Å².